The fraction of sp³-hybridized carbons (Fsp3) is 0.429. The van der Waals surface area contributed by atoms with E-state index in [4.69, 9.17) is 23.2 Å². The van der Waals surface area contributed by atoms with E-state index in [2.05, 4.69) is 5.32 Å². The first kappa shape index (κ1) is 16.1. The van der Waals surface area contributed by atoms with Gasteiger partial charge in [-0.3, -0.25) is 9.59 Å². The predicted octanol–water partition coefficient (Wildman–Crippen LogP) is 1.76. The number of aliphatic hydroxyl groups is 1. The number of aliphatic hydroxyl groups excluding tert-OH is 1. The summed E-state index contributed by atoms with van der Waals surface area (Å²) in [4.78, 5) is 25.0. The predicted molar refractivity (Wildman–Crippen MR) is 80.2 cm³/mol. The number of carbonyl (C=O) groups is 2. The molecule has 2 N–H and O–H groups in total. The Labute approximate surface area is 132 Å². The van der Waals surface area contributed by atoms with Gasteiger partial charge >= 0.3 is 0 Å². The molecule has 1 aromatic rings. The van der Waals surface area contributed by atoms with Crippen LogP contribution in [0.15, 0.2) is 18.2 Å². The number of nitrogens with zero attached hydrogens (tertiary/aromatic N) is 1. The van der Waals surface area contributed by atoms with E-state index in [1.165, 1.54) is 25.1 Å². The van der Waals surface area contributed by atoms with Gasteiger partial charge in [-0.15, -0.1) is 0 Å². The van der Waals surface area contributed by atoms with Crippen molar-refractivity contribution in [1.29, 1.82) is 0 Å². The third-order valence-corrected chi connectivity index (χ3v) is 3.87. The molecule has 0 aliphatic carbocycles. The zero-order chi connectivity index (χ0) is 15.6. The minimum absolute atomic E-state index is 0.0195. The fourth-order valence-corrected chi connectivity index (χ4v) is 2.87. The van der Waals surface area contributed by atoms with E-state index >= 15 is 0 Å². The Morgan fingerprint density at radius 2 is 1.95 bits per heavy atom. The molecule has 1 fully saturated rings. The average molecular weight is 331 g/mol. The van der Waals surface area contributed by atoms with Crippen LogP contribution in [0.25, 0.3) is 0 Å². The van der Waals surface area contributed by atoms with Gasteiger partial charge in [0.05, 0.1) is 0 Å². The second kappa shape index (κ2) is 6.64. The van der Waals surface area contributed by atoms with E-state index in [9.17, 15) is 14.7 Å². The summed E-state index contributed by atoms with van der Waals surface area (Å²) in [7, 11) is 0. The van der Waals surface area contributed by atoms with Crippen molar-refractivity contribution in [3.05, 3.63) is 33.8 Å². The quantitative estimate of drug-likeness (QED) is 0.887. The molecular formula is C14H16Cl2N2O3. The lowest BCUT2D eigenvalue weighted by atomic mass is 10.1. The van der Waals surface area contributed by atoms with Crippen LogP contribution in [0.5, 0.6) is 0 Å². The lowest BCUT2D eigenvalue weighted by Gasteiger charge is -2.17. The number of likely N-dealkylation sites (tertiary alicyclic amines) is 1. The van der Waals surface area contributed by atoms with Gasteiger partial charge in [0.1, 0.15) is 0 Å². The first-order chi connectivity index (χ1) is 9.86. The zero-order valence-corrected chi connectivity index (χ0v) is 13.0. The smallest absolute Gasteiger partial charge is 0.253 e. The number of halogens is 2. The average Bonchev–Trinajstić information content (AvgIpc) is 2.85. The Balaban J connectivity index is 1.98. The van der Waals surface area contributed by atoms with Crippen molar-refractivity contribution in [1.82, 2.24) is 10.2 Å². The highest BCUT2D eigenvalue weighted by atomic mass is 35.5. The topological polar surface area (TPSA) is 69.6 Å². The van der Waals surface area contributed by atoms with Gasteiger partial charge in [0, 0.05) is 36.1 Å². The van der Waals surface area contributed by atoms with Crippen LogP contribution in [-0.2, 0) is 9.59 Å². The molecule has 1 saturated heterocycles. The molecule has 0 saturated carbocycles. The molecule has 1 aliphatic heterocycles. The number of nitrogens with one attached hydrogen (secondary N) is 1. The summed E-state index contributed by atoms with van der Waals surface area (Å²) >= 11 is 11.7. The van der Waals surface area contributed by atoms with Gasteiger partial charge in [0.15, 0.2) is 6.10 Å². The maximum absolute atomic E-state index is 12.0. The van der Waals surface area contributed by atoms with E-state index in [-0.39, 0.29) is 11.9 Å². The first-order valence-electron chi connectivity index (χ1n) is 6.57. The van der Waals surface area contributed by atoms with Crippen LogP contribution in [-0.4, -0.2) is 41.0 Å². The van der Waals surface area contributed by atoms with Crippen LogP contribution in [0.2, 0.25) is 10.0 Å². The van der Waals surface area contributed by atoms with Gasteiger partial charge < -0.3 is 15.3 Å². The Morgan fingerprint density at radius 3 is 2.48 bits per heavy atom. The Bertz CT molecular complexity index is 545. The summed E-state index contributed by atoms with van der Waals surface area (Å²) in [5.41, 5.74) is 0.339. The molecule has 0 aromatic heterocycles. The number of amides is 2. The maximum Gasteiger partial charge on any atom is 0.253 e. The molecule has 5 nitrogen and oxygen atoms in total. The summed E-state index contributed by atoms with van der Waals surface area (Å²) in [6.07, 6.45) is -0.665. The SMILES string of the molecule is CC(=O)N1CC[C@@H](NC(=O)[C@@H](O)c2cc(Cl)cc(Cl)c2)C1. The molecule has 21 heavy (non-hydrogen) atoms. The molecule has 2 atom stereocenters. The monoisotopic (exact) mass is 330 g/mol. The van der Waals surface area contributed by atoms with Gasteiger partial charge in [-0.1, -0.05) is 23.2 Å². The van der Waals surface area contributed by atoms with E-state index in [0.29, 0.717) is 35.1 Å². The van der Waals surface area contributed by atoms with Gasteiger partial charge in [-0.2, -0.15) is 0 Å². The zero-order valence-electron chi connectivity index (χ0n) is 11.5. The standard InChI is InChI=1S/C14H16Cl2N2O3/c1-8(19)18-3-2-12(7-18)17-14(21)13(20)9-4-10(15)6-11(16)5-9/h4-6,12-13,20H,2-3,7H2,1H3,(H,17,21)/t12-,13+/m1/s1. The second-order valence-corrected chi connectivity index (χ2v) is 5.94. The molecule has 2 amide bonds. The highest BCUT2D eigenvalue weighted by molar-refractivity contribution is 6.34. The van der Waals surface area contributed by atoms with Crippen LogP contribution < -0.4 is 5.32 Å². The molecule has 2 rings (SSSR count). The molecule has 1 aliphatic rings. The molecule has 1 aromatic carbocycles. The normalized spacial score (nSPS) is 19.4. The van der Waals surface area contributed by atoms with Crippen molar-refractivity contribution in [3.8, 4) is 0 Å². The van der Waals surface area contributed by atoms with Crippen molar-refractivity contribution in [2.24, 2.45) is 0 Å². The number of benzene rings is 1. The Morgan fingerprint density at radius 1 is 1.33 bits per heavy atom. The molecule has 0 radical (unpaired) electrons. The molecule has 7 heteroatoms. The van der Waals surface area contributed by atoms with Crippen LogP contribution in [0.3, 0.4) is 0 Å². The van der Waals surface area contributed by atoms with E-state index < -0.39 is 12.0 Å². The van der Waals surface area contributed by atoms with E-state index in [1.54, 1.807) is 4.90 Å². The van der Waals surface area contributed by atoms with Crippen LogP contribution in [0, 0.1) is 0 Å². The molecular weight excluding hydrogens is 315 g/mol. The summed E-state index contributed by atoms with van der Waals surface area (Å²) in [6.45, 7) is 2.57. The highest BCUT2D eigenvalue weighted by Crippen LogP contribution is 2.24. The molecule has 0 unspecified atom stereocenters. The summed E-state index contributed by atoms with van der Waals surface area (Å²) < 4.78 is 0. The largest absolute Gasteiger partial charge is 0.378 e. The van der Waals surface area contributed by atoms with Crippen molar-refractivity contribution in [3.63, 3.8) is 0 Å². The maximum atomic E-state index is 12.0. The number of hydrogen-bond acceptors (Lipinski definition) is 3. The molecule has 0 spiro atoms. The first-order valence-corrected chi connectivity index (χ1v) is 7.32. The van der Waals surface area contributed by atoms with Crippen LogP contribution in [0.1, 0.15) is 25.0 Å². The Kier molecular flexibility index (Phi) is 5.08. The lowest BCUT2D eigenvalue weighted by Crippen LogP contribution is -2.40. The van der Waals surface area contributed by atoms with Gasteiger partial charge in [0.25, 0.3) is 5.91 Å². The highest BCUT2D eigenvalue weighted by Gasteiger charge is 2.28. The van der Waals surface area contributed by atoms with Crippen molar-refractivity contribution >= 4 is 35.0 Å². The number of rotatable bonds is 3. The fourth-order valence-electron chi connectivity index (χ4n) is 2.33. The van der Waals surface area contributed by atoms with Gasteiger partial charge in [-0.25, -0.2) is 0 Å². The molecule has 114 valence electrons. The van der Waals surface area contributed by atoms with Gasteiger partial charge in [-0.05, 0) is 30.2 Å². The second-order valence-electron chi connectivity index (χ2n) is 5.06. The number of carbonyl (C=O) groups excluding carboxylic acids is 2. The van der Waals surface area contributed by atoms with Gasteiger partial charge in [0.2, 0.25) is 5.91 Å². The minimum atomic E-state index is -1.34. The van der Waals surface area contributed by atoms with Crippen LogP contribution in [0.4, 0.5) is 0 Å². The van der Waals surface area contributed by atoms with E-state index in [0.717, 1.165) is 0 Å². The third kappa shape index (κ3) is 4.09. The minimum Gasteiger partial charge on any atom is -0.378 e. The summed E-state index contributed by atoms with van der Waals surface area (Å²) in [6, 6.07) is 4.37. The lowest BCUT2D eigenvalue weighted by molar-refractivity contribution is -0.131. The van der Waals surface area contributed by atoms with Crippen molar-refractivity contribution in [2.45, 2.75) is 25.5 Å². The Hall–Kier alpha value is -1.30. The van der Waals surface area contributed by atoms with Crippen molar-refractivity contribution < 1.29 is 14.7 Å². The third-order valence-electron chi connectivity index (χ3n) is 3.43. The van der Waals surface area contributed by atoms with Crippen molar-refractivity contribution in [2.75, 3.05) is 13.1 Å². The summed E-state index contributed by atoms with van der Waals surface area (Å²) in [5, 5.41) is 13.5. The molecule has 1 heterocycles. The van der Waals surface area contributed by atoms with E-state index in [1.807, 2.05) is 0 Å². The van der Waals surface area contributed by atoms with Crippen LogP contribution >= 0.6 is 23.2 Å². The summed E-state index contributed by atoms with van der Waals surface area (Å²) in [5.74, 6) is -0.544. The number of hydrogen-bond donors (Lipinski definition) is 2. The molecule has 0 bridgehead atoms.